The number of hydrogen-bond donors (Lipinski definition) is 1. The zero-order valence-electron chi connectivity index (χ0n) is 19.4. The number of carbonyl (C=O) groups is 1. The van der Waals surface area contributed by atoms with Crippen LogP contribution in [0.4, 0.5) is 19.3 Å². The van der Waals surface area contributed by atoms with Crippen molar-refractivity contribution < 1.29 is 13.6 Å². The molecule has 1 N–H and O–H groups in total. The van der Waals surface area contributed by atoms with E-state index >= 15 is 0 Å². The number of anilines is 1. The van der Waals surface area contributed by atoms with E-state index in [1.54, 1.807) is 0 Å². The summed E-state index contributed by atoms with van der Waals surface area (Å²) in [7, 11) is 0. The molecular formula is C28H31F2N3O. The molecular weight excluding hydrogens is 432 g/mol. The number of carbonyl (C=O) groups excluding carboxylic acids is 1. The van der Waals surface area contributed by atoms with E-state index in [1.165, 1.54) is 30.9 Å². The van der Waals surface area contributed by atoms with E-state index in [0.717, 1.165) is 50.7 Å². The topological polar surface area (TPSA) is 56.1 Å². The highest BCUT2D eigenvalue weighted by Crippen LogP contribution is 2.63. The third-order valence-electron chi connectivity index (χ3n) is 8.33. The second-order valence-electron chi connectivity index (χ2n) is 10.4. The third kappa shape index (κ3) is 4.53. The zero-order chi connectivity index (χ0) is 23.7. The van der Waals surface area contributed by atoms with Crippen LogP contribution in [0.2, 0.25) is 0 Å². The van der Waals surface area contributed by atoms with Gasteiger partial charge in [0.25, 0.3) is 0 Å². The summed E-state index contributed by atoms with van der Waals surface area (Å²) in [4.78, 5) is 15.4. The molecule has 5 rings (SSSR count). The lowest BCUT2D eigenvalue weighted by Gasteiger charge is -2.39. The van der Waals surface area contributed by atoms with Crippen LogP contribution >= 0.6 is 0 Å². The van der Waals surface area contributed by atoms with Crippen molar-refractivity contribution in [3.63, 3.8) is 0 Å². The molecule has 3 atom stereocenters. The molecule has 34 heavy (non-hydrogen) atoms. The molecule has 0 unspecified atom stereocenters. The minimum atomic E-state index is -0.961. The van der Waals surface area contributed by atoms with Gasteiger partial charge < -0.3 is 10.2 Å². The van der Waals surface area contributed by atoms with E-state index in [4.69, 9.17) is 0 Å². The van der Waals surface area contributed by atoms with Gasteiger partial charge in [-0.1, -0.05) is 31.4 Å². The lowest BCUT2D eigenvalue weighted by Crippen LogP contribution is -2.47. The molecule has 6 heteroatoms. The Hall–Kier alpha value is -2.94. The van der Waals surface area contributed by atoms with E-state index in [0.29, 0.717) is 23.9 Å². The van der Waals surface area contributed by atoms with Gasteiger partial charge in [0.15, 0.2) is 11.6 Å². The molecule has 3 saturated carbocycles. The smallest absolute Gasteiger partial charge is 0.321 e. The van der Waals surface area contributed by atoms with Crippen LogP contribution in [0.1, 0.15) is 68.9 Å². The van der Waals surface area contributed by atoms with Gasteiger partial charge >= 0.3 is 6.03 Å². The van der Waals surface area contributed by atoms with Gasteiger partial charge in [0.2, 0.25) is 0 Å². The number of nitriles is 1. The van der Waals surface area contributed by atoms with Gasteiger partial charge in [-0.3, -0.25) is 0 Å². The number of benzene rings is 2. The molecule has 3 aliphatic rings. The van der Waals surface area contributed by atoms with Gasteiger partial charge in [-0.25, -0.2) is 13.6 Å². The Morgan fingerprint density at radius 3 is 2.65 bits per heavy atom. The number of nitrogens with zero attached hydrogens (tertiary/aromatic N) is 2. The Kier molecular flexibility index (Phi) is 6.29. The summed E-state index contributed by atoms with van der Waals surface area (Å²) in [5.74, 6) is -0.890. The van der Waals surface area contributed by atoms with Crippen molar-refractivity contribution in [3.8, 4) is 6.07 Å². The summed E-state index contributed by atoms with van der Waals surface area (Å²) in [6.07, 6.45) is 9.88. The number of halogens is 2. The number of rotatable bonds is 5. The van der Waals surface area contributed by atoms with E-state index in [2.05, 4.69) is 17.5 Å². The predicted octanol–water partition coefficient (Wildman–Crippen LogP) is 6.76. The molecule has 3 fully saturated rings. The van der Waals surface area contributed by atoms with Crippen LogP contribution < -0.4 is 5.32 Å². The molecule has 0 saturated heterocycles. The first-order valence-electron chi connectivity index (χ1n) is 12.5. The molecule has 4 nitrogen and oxygen atoms in total. The maximum atomic E-state index is 13.7. The lowest BCUT2D eigenvalue weighted by molar-refractivity contribution is 0.137. The minimum absolute atomic E-state index is 0.131. The molecule has 178 valence electrons. The molecule has 2 aromatic rings. The number of amides is 2. The van der Waals surface area contributed by atoms with Crippen LogP contribution in [0.5, 0.6) is 0 Å². The fourth-order valence-corrected chi connectivity index (χ4v) is 6.36. The molecule has 2 amide bonds. The number of nitrogens with one attached hydrogen (secondary N) is 1. The van der Waals surface area contributed by atoms with E-state index in [9.17, 15) is 18.8 Å². The highest BCUT2D eigenvalue weighted by molar-refractivity contribution is 5.89. The summed E-state index contributed by atoms with van der Waals surface area (Å²) in [5.41, 5.74) is 2.36. The monoisotopic (exact) mass is 463 g/mol. The first-order chi connectivity index (χ1) is 16.5. The average molecular weight is 464 g/mol. The van der Waals surface area contributed by atoms with E-state index in [-0.39, 0.29) is 23.2 Å². The fraction of sp³-hybridized carbons (Fsp3) is 0.500. The molecule has 3 aliphatic carbocycles. The summed E-state index contributed by atoms with van der Waals surface area (Å²) < 4.78 is 27.1. The van der Waals surface area contributed by atoms with Crippen LogP contribution in [0.25, 0.3) is 0 Å². The Morgan fingerprint density at radius 2 is 1.91 bits per heavy atom. The van der Waals surface area contributed by atoms with Gasteiger partial charge in [-0.2, -0.15) is 5.26 Å². The standard InChI is InChI=1S/C28H31F2N3O/c29-25-10-9-23(15-26(25)30)32-27(34)33(18-19-5-2-1-3-6-19)24-11-12-28(16-22(28)14-24)21-8-4-7-20(13-21)17-31/h4,7-10,13,15,19,22,24H,1-3,5-6,11-12,14,16,18H2,(H,32,34)/t22-,24+,28+/m0/s1. The van der Waals surface area contributed by atoms with Crippen molar-refractivity contribution in [2.24, 2.45) is 11.8 Å². The molecule has 0 bridgehead atoms. The largest absolute Gasteiger partial charge is 0.322 e. The minimum Gasteiger partial charge on any atom is -0.321 e. The molecule has 0 spiro atoms. The molecule has 2 aromatic carbocycles. The van der Waals surface area contributed by atoms with Gasteiger partial charge in [0.05, 0.1) is 11.6 Å². The highest BCUT2D eigenvalue weighted by atomic mass is 19.2. The van der Waals surface area contributed by atoms with Crippen LogP contribution in [-0.2, 0) is 5.41 Å². The van der Waals surface area contributed by atoms with Gasteiger partial charge in [-0.15, -0.1) is 0 Å². The summed E-state index contributed by atoms with van der Waals surface area (Å²) in [5, 5.41) is 12.1. The molecule has 0 radical (unpaired) electrons. The van der Waals surface area contributed by atoms with E-state index < -0.39 is 11.6 Å². The van der Waals surface area contributed by atoms with Crippen LogP contribution in [0, 0.1) is 34.8 Å². The lowest BCUT2D eigenvalue weighted by atomic mass is 9.79. The number of urea groups is 1. The van der Waals surface area contributed by atoms with Crippen LogP contribution in [0.3, 0.4) is 0 Å². The fourth-order valence-electron chi connectivity index (χ4n) is 6.36. The highest BCUT2D eigenvalue weighted by Gasteiger charge is 2.58. The van der Waals surface area contributed by atoms with Crippen LogP contribution in [-0.4, -0.2) is 23.5 Å². The van der Waals surface area contributed by atoms with Crippen molar-refractivity contribution in [2.45, 2.75) is 69.2 Å². The Balaban J connectivity index is 1.32. The number of fused-ring (bicyclic) bond motifs is 1. The summed E-state index contributed by atoms with van der Waals surface area (Å²) in [6, 6.07) is 13.6. The maximum absolute atomic E-state index is 13.7. The molecule has 0 aliphatic heterocycles. The SMILES string of the molecule is N#Cc1cccc([C@]23CC[C@@H](N(CC4CCCCC4)C(=O)Nc4ccc(F)c(F)c4)C[C@H]2C3)c1. The van der Waals surface area contributed by atoms with Gasteiger partial charge in [0, 0.05) is 24.3 Å². The quantitative estimate of drug-likeness (QED) is 0.532. The van der Waals surface area contributed by atoms with Crippen LogP contribution in [0.15, 0.2) is 42.5 Å². The second-order valence-corrected chi connectivity index (χ2v) is 10.4. The third-order valence-corrected chi connectivity index (χ3v) is 8.33. The number of hydrogen-bond acceptors (Lipinski definition) is 2. The molecule has 0 aromatic heterocycles. The van der Waals surface area contributed by atoms with Crippen molar-refractivity contribution in [1.29, 1.82) is 5.26 Å². The second kappa shape index (κ2) is 9.37. The van der Waals surface area contributed by atoms with Gasteiger partial charge in [0.1, 0.15) is 0 Å². The van der Waals surface area contributed by atoms with Crippen molar-refractivity contribution in [3.05, 3.63) is 65.2 Å². The average Bonchev–Trinajstić information content (AvgIpc) is 3.60. The Labute approximate surface area is 200 Å². The summed E-state index contributed by atoms with van der Waals surface area (Å²) >= 11 is 0. The zero-order valence-corrected chi connectivity index (χ0v) is 19.4. The first-order valence-corrected chi connectivity index (χ1v) is 12.5. The predicted molar refractivity (Wildman–Crippen MR) is 127 cm³/mol. The first kappa shape index (κ1) is 22.8. The van der Waals surface area contributed by atoms with Crippen molar-refractivity contribution in [2.75, 3.05) is 11.9 Å². The maximum Gasteiger partial charge on any atom is 0.322 e. The van der Waals surface area contributed by atoms with Crippen molar-refractivity contribution in [1.82, 2.24) is 4.90 Å². The van der Waals surface area contributed by atoms with E-state index in [1.807, 2.05) is 23.1 Å². The molecule has 0 heterocycles. The van der Waals surface area contributed by atoms with Gasteiger partial charge in [-0.05, 0) is 85.6 Å². The van der Waals surface area contributed by atoms with Crippen molar-refractivity contribution >= 4 is 11.7 Å². The normalized spacial score (nSPS) is 26.3. The Bertz CT molecular complexity index is 1110. The Morgan fingerprint density at radius 1 is 1.09 bits per heavy atom. The summed E-state index contributed by atoms with van der Waals surface area (Å²) in [6.45, 7) is 0.712.